The average Bonchev–Trinajstić information content (AvgIpc) is 1.68. The van der Waals surface area contributed by atoms with Crippen LogP contribution in [0, 0.1) is 5.21 Å². The highest BCUT2D eigenvalue weighted by molar-refractivity contribution is 4.62. The molecule has 0 aromatic rings. The summed E-state index contributed by atoms with van der Waals surface area (Å²) in [6.07, 6.45) is 3.34. The minimum Gasteiger partial charge on any atom is -0.629 e. The molecule has 1 atom stereocenters. The van der Waals surface area contributed by atoms with E-state index in [0.717, 1.165) is 0 Å². The molecule has 0 saturated heterocycles. The number of hydrogen-bond acceptors (Lipinski definition) is 1. The Labute approximate surface area is 44.0 Å². The van der Waals surface area contributed by atoms with Gasteiger partial charge in [-0.05, 0) is 19.9 Å². The van der Waals surface area contributed by atoms with Gasteiger partial charge in [0.15, 0.2) is 0 Å². The zero-order valence-electron chi connectivity index (χ0n) is 4.77. The maximum Gasteiger partial charge on any atom is 0.0898 e. The van der Waals surface area contributed by atoms with Gasteiger partial charge in [-0.15, -0.1) is 0 Å². The van der Waals surface area contributed by atoms with Crippen LogP contribution in [0.5, 0.6) is 0 Å². The molecule has 0 bridgehead atoms. The zero-order chi connectivity index (χ0) is 5.70. The third-order valence-corrected chi connectivity index (χ3v) is 0.701. The van der Waals surface area contributed by atoms with E-state index >= 15 is 0 Å². The summed E-state index contributed by atoms with van der Waals surface area (Å²) < 4.78 is 0. The number of hydroxylamine groups is 2. The molecule has 0 aliphatic carbocycles. The maximum absolute atomic E-state index is 10.3. The minimum absolute atomic E-state index is 0.197. The van der Waals surface area contributed by atoms with E-state index < -0.39 is 0 Å². The van der Waals surface area contributed by atoms with E-state index in [1.807, 2.05) is 13.8 Å². The van der Waals surface area contributed by atoms with E-state index in [9.17, 15) is 5.21 Å². The summed E-state index contributed by atoms with van der Waals surface area (Å²) in [5, 5.41) is 10.5. The van der Waals surface area contributed by atoms with Crippen LogP contribution in [0.25, 0.3) is 0 Å². The molecule has 0 saturated carbocycles. The molecular weight excluding hydrogens is 90.1 g/mol. The molecule has 0 spiro atoms. The van der Waals surface area contributed by atoms with Crippen LogP contribution in [0.3, 0.4) is 0 Å². The van der Waals surface area contributed by atoms with Crippen LogP contribution >= 0.6 is 0 Å². The fourth-order valence-corrected chi connectivity index (χ4v) is 0.304. The van der Waals surface area contributed by atoms with Gasteiger partial charge in [0.1, 0.15) is 0 Å². The fourth-order valence-electron chi connectivity index (χ4n) is 0.304. The van der Waals surface area contributed by atoms with E-state index in [-0.39, 0.29) is 5.06 Å². The van der Waals surface area contributed by atoms with Crippen molar-refractivity contribution < 1.29 is 5.06 Å². The third-order valence-electron chi connectivity index (χ3n) is 0.701. The number of hydrogen-bond donors (Lipinski definition) is 1. The lowest BCUT2D eigenvalue weighted by Crippen LogP contribution is -3.01. The SMILES string of the molecule is C/C=C/[NH+]([O-])CC. The topological polar surface area (TPSA) is 27.5 Å². The molecule has 7 heavy (non-hydrogen) atoms. The summed E-state index contributed by atoms with van der Waals surface area (Å²) in [6, 6.07) is 0. The van der Waals surface area contributed by atoms with Crippen LogP contribution in [-0.2, 0) is 0 Å². The molecule has 0 fully saturated rings. The summed E-state index contributed by atoms with van der Waals surface area (Å²) in [4.78, 5) is 0. The number of allylic oxidation sites excluding steroid dienone is 1. The summed E-state index contributed by atoms with van der Waals surface area (Å²) in [5.41, 5.74) is 0. The first-order chi connectivity index (χ1) is 3.31. The predicted molar refractivity (Wildman–Crippen MR) is 29.7 cm³/mol. The second-order valence-corrected chi connectivity index (χ2v) is 1.32. The normalized spacial score (nSPS) is 15.3. The summed E-state index contributed by atoms with van der Waals surface area (Å²) >= 11 is 0. The van der Waals surface area contributed by atoms with Gasteiger partial charge in [0, 0.05) is 0 Å². The molecule has 0 radical (unpaired) electrons. The van der Waals surface area contributed by atoms with Crippen molar-refractivity contribution in [2.24, 2.45) is 0 Å². The highest BCUT2D eigenvalue weighted by Crippen LogP contribution is 1.52. The molecule has 0 amide bonds. The Morgan fingerprint density at radius 2 is 2.29 bits per heavy atom. The maximum atomic E-state index is 10.3. The van der Waals surface area contributed by atoms with E-state index in [1.165, 1.54) is 0 Å². The molecule has 2 heteroatoms. The van der Waals surface area contributed by atoms with Crippen LogP contribution in [0.1, 0.15) is 13.8 Å². The third kappa shape index (κ3) is 3.49. The molecule has 0 aromatic carbocycles. The van der Waals surface area contributed by atoms with E-state index in [4.69, 9.17) is 0 Å². The molecule has 2 nitrogen and oxygen atoms in total. The molecule has 0 rings (SSSR count). The van der Waals surface area contributed by atoms with Gasteiger partial charge in [-0.2, -0.15) is 0 Å². The number of nitrogens with one attached hydrogen (secondary N) is 1. The Morgan fingerprint density at radius 3 is 2.43 bits per heavy atom. The predicted octanol–water partition coefficient (Wildman–Crippen LogP) is -0.0774. The first kappa shape index (κ1) is 6.66. The van der Waals surface area contributed by atoms with Crippen molar-refractivity contribution >= 4 is 0 Å². The van der Waals surface area contributed by atoms with Crippen LogP contribution in [0.4, 0.5) is 0 Å². The smallest absolute Gasteiger partial charge is 0.0898 e. The Morgan fingerprint density at radius 1 is 1.71 bits per heavy atom. The summed E-state index contributed by atoms with van der Waals surface area (Å²) in [5.74, 6) is 0. The molecular formula is C5H11NO. The van der Waals surface area contributed by atoms with Gasteiger partial charge in [0.05, 0.1) is 12.7 Å². The van der Waals surface area contributed by atoms with Crippen molar-refractivity contribution in [1.82, 2.24) is 0 Å². The van der Waals surface area contributed by atoms with E-state index in [2.05, 4.69) is 0 Å². The van der Waals surface area contributed by atoms with E-state index in [0.29, 0.717) is 6.54 Å². The van der Waals surface area contributed by atoms with Gasteiger partial charge in [-0.25, -0.2) is 0 Å². The van der Waals surface area contributed by atoms with Crippen LogP contribution in [0.15, 0.2) is 12.3 Å². The highest BCUT2D eigenvalue weighted by atomic mass is 16.5. The average molecular weight is 101 g/mol. The first-order valence-corrected chi connectivity index (χ1v) is 2.46. The lowest BCUT2D eigenvalue weighted by Gasteiger charge is -2.12. The van der Waals surface area contributed by atoms with Gasteiger partial charge >= 0.3 is 0 Å². The lowest BCUT2D eigenvalue weighted by molar-refractivity contribution is -0.788. The zero-order valence-corrected chi connectivity index (χ0v) is 4.77. The molecule has 0 aliphatic heterocycles. The van der Waals surface area contributed by atoms with Crippen LogP contribution in [0.2, 0.25) is 0 Å². The van der Waals surface area contributed by atoms with Gasteiger partial charge in [-0.1, -0.05) is 0 Å². The number of rotatable bonds is 2. The van der Waals surface area contributed by atoms with Crippen molar-refractivity contribution in [3.8, 4) is 0 Å². The molecule has 0 heterocycles. The Kier molecular flexibility index (Phi) is 3.65. The Balaban J connectivity index is 3.16. The minimum atomic E-state index is 0.197. The van der Waals surface area contributed by atoms with Crippen LogP contribution in [-0.4, -0.2) is 6.54 Å². The van der Waals surface area contributed by atoms with Crippen molar-refractivity contribution in [2.45, 2.75) is 13.8 Å². The second-order valence-electron chi connectivity index (χ2n) is 1.32. The molecule has 1 unspecified atom stereocenters. The molecule has 0 aliphatic rings. The quantitative estimate of drug-likeness (QED) is 0.484. The first-order valence-electron chi connectivity index (χ1n) is 2.46. The van der Waals surface area contributed by atoms with Gasteiger partial charge in [0.25, 0.3) is 0 Å². The standard InChI is InChI=1S/C5H11NO/c1-3-5-6(7)4-2/h3,5-6H,4H2,1-2H3/b5-3+. The van der Waals surface area contributed by atoms with Crippen molar-refractivity contribution in [3.05, 3.63) is 17.5 Å². The largest absolute Gasteiger partial charge is 0.629 e. The lowest BCUT2D eigenvalue weighted by atomic mass is 10.6. The van der Waals surface area contributed by atoms with E-state index in [1.54, 1.807) is 12.3 Å². The van der Waals surface area contributed by atoms with Crippen molar-refractivity contribution in [3.63, 3.8) is 0 Å². The monoisotopic (exact) mass is 101 g/mol. The molecule has 1 N–H and O–H groups in total. The molecule has 42 valence electrons. The summed E-state index contributed by atoms with van der Waals surface area (Å²) in [7, 11) is 0. The van der Waals surface area contributed by atoms with Crippen molar-refractivity contribution in [2.75, 3.05) is 6.54 Å². The van der Waals surface area contributed by atoms with Crippen molar-refractivity contribution in [1.29, 1.82) is 0 Å². The summed E-state index contributed by atoms with van der Waals surface area (Å²) in [6.45, 7) is 4.31. The van der Waals surface area contributed by atoms with Crippen LogP contribution < -0.4 is 5.06 Å². The highest BCUT2D eigenvalue weighted by Gasteiger charge is 1.76. The number of quaternary nitrogens is 1. The van der Waals surface area contributed by atoms with Gasteiger partial charge in [0.2, 0.25) is 0 Å². The van der Waals surface area contributed by atoms with Gasteiger partial charge in [-0.3, -0.25) is 0 Å². The Bertz CT molecular complexity index is 61.1. The molecule has 0 aromatic heterocycles. The Hall–Kier alpha value is -0.340. The second kappa shape index (κ2) is 3.84. The van der Waals surface area contributed by atoms with Gasteiger partial charge < -0.3 is 10.3 Å². The fraction of sp³-hybridized carbons (Fsp3) is 0.600.